The first kappa shape index (κ1) is 15.2. The molecule has 0 saturated heterocycles. The third-order valence-corrected chi connectivity index (χ3v) is 4.39. The van der Waals surface area contributed by atoms with Crippen molar-refractivity contribution in [3.05, 3.63) is 53.6 Å². The van der Waals surface area contributed by atoms with Gasteiger partial charge in [0.1, 0.15) is 16.5 Å². The van der Waals surface area contributed by atoms with Crippen LogP contribution in [0, 0.1) is 11.6 Å². The molecule has 0 aromatic heterocycles. The van der Waals surface area contributed by atoms with E-state index >= 15 is 0 Å². The third-order valence-electron chi connectivity index (χ3n) is 3.04. The molecule has 0 saturated carbocycles. The molecular formula is C14H9F2NO5S. The molecule has 6 nitrogen and oxygen atoms in total. The van der Waals surface area contributed by atoms with E-state index < -0.39 is 32.5 Å². The summed E-state index contributed by atoms with van der Waals surface area (Å²) in [4.78, 5) is 11.1. The van der Waals surface area contributed by atoms with Crippen LogP contribution in [0.4, 0.5) is 8.78 Å². The minimum Gasteiger partial charge on any atom is -0.454 e. The highest BCUT2D eigenvalue weighted by Gasteiger charge is 2.24. The minimum absolute atomic E-state index is 0.00674. The van der Waals surface area contributed by atoms with Gasteiger partial charge < -0.3 is 9.47 Å². The molecule has 1 aliphatic rings. The van der Waals surface area contributed by atoms with Gasteiger partial charge >= 0.3 is 0 Å². The van der Waals surface area contributed by atoms with Crippen LogP contribution in [0.15, 0.2) is 41.3 Å². The van der Waals surface area contributed by atoms with Crippen molar-refractivity contribution in [2.45, 2.75) is 4.90 Å². The number of benzene rings is 2. The van der Waals surface area contributed by atoms with Crippen molar-refractivity contribution < 1.29 is 31.5 Å². The molecule has 0 bridgehead atoms. The Kier molecular flexibility index (Phi) is 3.64. The van der Waals surface area contributed by atoms with Gasteiger partial charge in [0.2, 0.25) is 6.79 Å². The van der Waals surface area contributed by atoms with Crippen LogP contribution < -0.4 is 14.2 Å². The summed E-state index contributed by atoms with van der Waals surface area (Å²) in [6, 6.07) is 5.97. The normalized spacial score (nSPS) is 13.0. The highest BCUT2D eigenvalue weighted by atomic mass is 32.2. The average Bonchev–Trinajstić information content (AvgIpc) is 2.96. The van der Waals surface area contributed by atoms with E-state index in [0.717, 1.165) is 6.07 Å². The summed E-state index contributed by atoms with van der Waals surface area (Å²) in [5.41, 5.74) is -0.0327. The first-order valence-electron chi connectivity index (χ1n) is 6.29. The van der Waals surface area contributed by atoms with Gasteiger partial charge in [0.05, 0.1) is 0 Å². The van der Waals surface area contributed by atoms with Crippen molar-refractivity contribution in [2.75, 3.05) is 6.79 Å². The van der Waals surface area contributed by atoms with Gasteiger partial charge in [-0.05, 0) is 36.4 Å². The molecule has 1 N–H and O–H groups in total. The van der Waals surface area contributed by atoms with Crippen LogP contribution in [-0.4, -0.2) is 21.1 Å². The summed E-state index contributed by atoms with van der Waals surface area (Å²) in [7, 11) is -4.56. The lowest BCUT2D eigenvalue weighted by molar-refractivity contribution is 0.0981. The number of nitrogens with one attached hydrogen (secondary N) is 1. The van der Waals surface area contributed by atoms with E-state index in [1.54, 1.807) is 4.72 Å². The number of sulfonamides is 1. The smallest absolute Gasteiger partial charge is 0.267 e. The monoisotopic (exact) mass is 341 g/mol. The number of carbonyl (C=O) groups excluding carboxylic acids is 1. The summed E-state index contributed by atoms with van der Waals surface area (Å²) in [5, 5.41) is 0. The second-order valence-corrected chi connectivity index (χ2v) is 6.23. The maximum atomic E-state index is 13.6. The molecule has 120 valence electrons. The van der Waals surface area contributed by atoms with E-state index in [2.05, 4.69) is 0 Å². The molecule has 3 rings (SSSR count). The van der Waals surface area contributed by atoms with Crippen LogP contribution in [0.3, 0.4) is 0 Å². The van der Waals surface area contributed by atoms with Gasteiger partial charge in [-0.1, -0.05) is 0 Å². The number of halogens is 2. The number of rotatable bonds is 3. The molecule has 0 unspecified atom stereocenters. The van der Waals surface area contributed by atoms with Crippen molar-refractivity contribution in [1.29, 1.82) is 0 Å². The Balaban J connectivity index is 1.88. The maximum Gasteiger partial charge on any atom is 0.267 e. The molecule has 1 heterocycles. The molecule has 0 radical (unpaired) electrons. The lowest BCUT2D eigenvalue weighted by Gasteiger charge is -2.08. The van der Waals surface area contributed by atoms with Crippen molar-refractivity contribution in [3.63, 3.8) is 0 Å². The largest absolute Gasteiger partial charge is 0.454 e. The number of hydrogen-bond acceptors (Lipinski definition) is 5. The summed E-state index contributed by atoms with van der Waals surface area (Å²) in [6.45, 7) is -0.00674. The number of hydrogen-bond donors (Lipinski definition) is 1. The average molecular weight is 341 g/mol. The van der Waals surface area contributed by atoms with Crippen molar-refractivity contribution in [3.8, 4) is 11.5 Å². The van der Waals surface area contributed by atoms with E-state index in [1.165, 1.54) is 18.2 Å². The molecule has 0 fully saturated rings. The van der Waals surface area contributed by atoms with Crippen LogP contribution in [0.2, 0.25) is 0 Å². The zero-order chi connectivity index (χ0) is 16.6. The Morgan fingerprint density at radius 1 is 1.04 bits per heavy atom. The fraction of sp³-hybridized carbons (Fsp3) is 0.0714. The predicted octanol–water partition coefficient (Wildman–Crippen LogP) is 1.81. The molecule has 0 atom stereocenters. The van der Waals surface area contributed by atoms with Crippen LogP contribution in [0.25, 0.3) is 0 Å². The van der Waals surface area contributed by atoms with E-state index in [0.29, 0.717) is 17.9 Å². The predicted molar refractivity (Wildman–Crippen MR) is 73.6 cm³/mol. The van der Waals surface area contributed by atoms with Gasteiger partial charge in [-0.2, -0.15) is 0 Å². The van der Waals surface area contributed by atoms with E-state index in [-0.39, 0.29) is 18.1 Å². The molecule has 0 spiro atoms. The highest BCUT2D eigenvalue weighted by molar-refractivity contribution is 7.90. The number of amides is 1. The zero-order valence-electron chi connectivity index (χ0n) is 11.4. The Morgan fingerprint density at radius 3 is 2.57 bits per heavy atom. The molecule has 0 aliphatic carbocycles. The van der Waals surface area contributed by atoms with Gasteiger partial charge in [0, 0.05) is 5.56 Å². The quantitative estimate of drug-likeness (QED) is 0.921. The number of ether oxygens (including phenoxy) is 2. The van der Waals surface area contributed by atoms with Gasteiger partial charge in [0.15, 0.2) is 11.5 Å². The lowest BCUT2D eigenvalue weighted by Crippen LogP contribution is -2.31. The topological polar surface area (TPSA) is 81.7 Å². The zero-order valence-corrected chi connectivity index (χ0v) is 12.2. The van der Waals surface area contributed by atoms with Crippen LogP contribution in [-0.2, 0) is 10.0 Å². The highest BCUT2D eigenvalue weighted by Crippen LogP contribution is 2.32. The van der Waals surface area contributed by atoms with Gasteiger partial charge in [0.25, 0.3) is 15.9 Å². The molecule has 23 heavy (non-hydrogen) atoms. The number of fused-ring (bicyclic) bond motifs is 1. The first-order valence-corrected chi connectivity index (χ1v) is 7.77. The number of carbonyl (C=O) groups is 1. The fourth-order valence-electron chi connectivity index (χ4n) is 1.96. The minimum atomic E-state index is -4.56. The van der Waals surface area contributed by atoms with Gasteiger partial charge in [-0.3, -0.25) is 4.79 Å². The Labute approximate surface area is 129 Å². The van der Waals surface area contributed by atoms with E-state index in [4.69, 9.17) is 9.47 Å². The van der Waals surface area contributed by atoms with Gasteiger partial charge in [-0.15, -0.1) is 0 Å². The van der Waals surface area contributed by atoms with Crippen molar-refractivity contribution >= 4 is 15.9 Å². The molecule has 2 aromatic carbocycles. The first-order chi connectivity index (χ1) is 10.9. The second kappa shape index (κ2) is 5.51. The summed E-state index contributed by atoms with van der Waals surface area (Å²) in [5.74, 6) is -2.42. The van der Waals surface area contributed by atoms with E-state index in [1.807, 2.05) is 0 Å². The van der Waals surface area contributed by atoms with Crippen molar-refractivity contribution in [1.82, 2.24) is 4.72 Å². The van der Waals surface area contributed by atoms with Crippen LogP contribution in [0.1, 0.15) is 10.4 Å². The van der Waals surface area contributed by atoms with Crippen LogP contribution >= 0.6 is 0 Å². The summed E-state index contributed by atoms with van der Waals surface area (Å²) in [6.07, 6.45) is 0. The fourth-order valence-corrected chi connectivity index (χ4v) is 3.02. The Morgan fingerprint density at radius 2 is 1.78 bits per heavy atom. The third kappa shape index (κ3) is 2.95. The van der Waals surface area contributed by atoms with E-state index in [9.17, 15) is 22.0 Å². The molecule has 1 aliphatic heterocycles. The van der Waals surface area contributed by atoms with Gasteiger partial charge in [-0.25, -0.2) is 21.9 Å². The summed E-state index contributed by atoms with van der Waals surface area (Å²) >= 11 is 0. The summed E-state index contributed by atoms with van der Waals surface area (Å²) < 4.78 is 62.6. The van der Waals surface area contributed by atoms with Crippen LogP contribution in [0.5, 0.6) is 11.5 Å². The molecule has 9 heteroatoms. The molecular weight excluding hydrogens is 332 g/mol. The Bertz CT molecular complexity index is 898. The molecule has 1 amide bonds. The maximum absolute atomic E-state index is 13.6. The Hall–Kier alpha value is -2.68. The van der Waals surface area contributed by atoms with Crippen molar-refractivity contribution in [2.24, 2.45) is 0 Å². The second-order valence-electron chi connectivity index (χ2n) is 4.58. The lowest BCUT2D eigenvalue weighted by atomic mass is 10.2. The molecule has 2 aromatic rings. The SMILES string of the molecule is O=C(NS(=O)(=O)c1cc(F)ccc1F)c1ccc2c(c1)OCO2. The standard InChI is InChI=1S/C14H9F2NO5S/c15-9-2-3-10(16)13(6-9)23(19,20)17-14(18)8-1-4-11-12(5-8)22-7-21-11/h1-6H,7H2,(H,17,18).